The first-order valence-electron chi connectivity index (χ1n) is 6.24. The average molecular weight is 268 g/mol. The average Bonchev–Trinajstić information content (AvgIpc) is 2.53. The lowest BCUT2D eigenvalue weighted by atomic mass is 10.0. The second kappa shape index (κ2) is 6.57. The number of esters is 1. The first kappa shape index (κ1) is 13.9. The highest BCUT2D eigenvalue weighted by Gasteiger charge is 2.13. The van der Waals surface area contributed by atoms with Gasteiger partial charge in [-0.3, -0.25) is 0 Å². The zero-order valence-electron chi connectivity index (χ0n) is 11.5. The monoisotopic (exact) mass is 268 g/mol. The summed E-state index contributed by atoms with van der Waals surface area (Å²) in [5.74, 6) is 0.340. The lowest BCUT2D eigenvalue weighted by molar-refractivity contribution is -0.133. The molecule has 0 atom stereocenters. The Morgan fingerprint density at radius 1 is 0.950 bits per heavy atom. The Labute approximate surface area is 118 Å². The highest BCUT2D eigenvalue weighted by molar-refractivity contribution is 6.21. The summed E-state index contributed by atoms with van der Waals surface area (Å²) in [6.07, 6.45) is 1.78. The van der Waals surface area contributed by atoms with Gasteiger partial charge in [-0.15, -0.1) is 0 Å². The van der Waals surface area contributed by atoms with Crippen LogP contribution in [0.15, 0.2) is 54.6 Å². The Hall–Kier alpha value is -2.55. The maximum absolute atomic E-state index is 12.0. The number of rotatable bonds is 4. The number of hydrogen-bond donors (Lipinski definition) is 0. The van der Waals surface area contributed by atoms with Crippen LogP contribution in [-0.2, 0) is 9.53 Å². The molecule has 0 N–H and O–H groups in total. The van der Waals surface area contributed by atoms with Gasteiger partial charge in [-0.25, -0.2) is 4.79 Å². The topological polar surface area (TPSA) is 35.5 Å². The van der Waals surface area contributed by atoms with Crippen molar-refractivity contribution in [1.82, 2.24) is 0 Å². The van der Waals surface area contributed by atoms with Gasteiger partial charge in [0, 0.05) is 5.56 Å². The summed E-state index contributed by atoms with van der Waals surface area (Å²) in [4.78, 5) is 12.0. The maximum Gasteiger partial charge on any atom is 0.338 e. The molecule has 0 aliphatic rings. The van der Waals surface area contributed by atoms with Gasteiger partial charge in [-0.1, -0.05) is 48.5 Å². The van der Waals surface area contributed by atoms with E-state index in [1.54, 1.807) is 13.2 Å². The van der Waals surface area contributed by atoms with Crippen molar-refractivity contribution in [3.05, 3.63) is 65.7 Å². The fraction of sp³-hybridized carbons (Fsp3) is 0.118. The number of carbonyl (C=O) groups is 1. The van der Waals surface area contributed by atoms with Crippen LogP contribution in [0.5, 0.6) is 5.75 Å². The van der Waals surface area contributed by atoms with Crippen LogP contribution in [0.3, 0.4) is 0 Å². The molecule has 0 aliphatic heterocycles. The molecule has 0 heterocycles. The molecule has 0 bridgehead atoms. The Kier molecular flexibility index (Phi) is 4.56. The third-order valence-corrected chi connectivity index (χ3v) is 2.93. The number of carbonyl (C=O) groups excluding carboxylic acids is 1. The fourth-order valence-corrected chi connectivity index (χ4v) is 1.93. The fourth-order valence-electron chi connectivity index (χ4n) is 1.93. The Balaban J connectivity index is 2.52. The van der Waals surface area contributed by atoms with Crippen LogP contribution in [0.25, 0.3) is 11.6 Å². The van der Waals surface area contributed by atoms with E-state index < -0.39 is 0 Å². The molecule has 3 nitrogen and oxygen atoms in total. The van der Waals surface area contributed by atoms with Gasteiger partial charge in [0.05, 0.1) is 19.8 Å². The van der Waals surface area contributed by atoms with Gasteiger partial charge in [-0.2, -0.15) is 0 Å². The minimum Gasteiger partial charge on any atom is -0.496 e. The summed E-state index contributed by atoms with van der Waals surface area (Å²) in [7, 11) is 2.98. The lowest BCUT2D eigenvalue weighted by Crippen LogP contribution is -2.04. The van der Waals surface area contributed by atoms with E-state index in [-0.39, 0.29) is 5.97 Å². The van der Waals surface area contributed by atoms with Gasteiger partial charge in [-0.05, 0) is 17.7 Å². The molecule has 0 amide bonds. The smallest absolute Gasteiger partial charge is 0.338 e. The summed E-state index contributed by atoms with van der Waals surface area (Å²) >= 11 is 0. The van der Waals surface area contributed by atoms with Crippen molar-refractivity contribution in [2.75, 3.05) is 14.2 Å². The molecule has 0 radical (unpaired) electrons. The van der Waals surface area contributed by atoms with E-state index in [1.165, 1.54) is 7.11 Å². The van der Waals surface area contributed by atoms with Crippen LogP contribution in [0, 0.1) is 0 Å². The van der Waals surface area contributed by atoms with Gasteiger partial charge in [0.15, 0.2) is 0 Å². The van der Waals surface area contributed by atoms with Crippen molar-refractivity contribution in [3.63, 3.8) is 0 Å². The van der Waals surface area contributed by atoms with Crippen molar-refractivity contribution in [1.29, 1.82) is 0 Å². The minimum absolute atomic E-state index is 0.373. The molecule has 2 aromatic carbocycles. The predicted molar refractivity (Wildman–Crippen MR) is 79.3 cm³/mol. The van der Waals surface area contributed by atoms with E-state index in [1.807, 2.05) is 54.6 Å². The van der Waals surface area contributed by atoms with Crippen LogP contribution in [0.1, 0.15) is 11.1 Å². The van der Waals surface area contributed by atoms with Crippen molar-refractivity contribution >= 4 is 17.6 Å². The molecule has 0 spiro atoms. The highest BCUT2D eigenvalue weighted by atomic mass is 16.5. The van der Waals surface area contributed by atoms with Gasteiger partial charge in [0.25, 0.3) is 0 Å². The number of ether oxygens (including phenoxy) is 2. The SMILES string of the molecule is COC(=O)/C(=C\c1ccccc1OC)c1ccccc1. The van der Waals surface area contributed by atoms with Gasteiger partial charge < -0.3 is 9.47 Å². The molecule has 20 heavy (non-hydrogen) atoms. The molecule has 0 saturated heterocycles. The van der Waals surface area contributed by atoms with Crippen molar-refractivity contribution < 1.29 is 14.3 Å². The first-order chi connectivity index (χ1) is 9.76. The molecule has 102 valence electrons. The zero-order chi connectivity index (χ0) is 14.4. The molecular weight excluding hydrogens is 252 g/mol. The second-order valence-electron chi connectivity index (χ2n) is 4.16. The Morgan fingerprint density at radius 2 is 1.60 bits per heavy atom. The van der Waals surface area contributed by atoms with E-state index in [0.29, 0.717) is 11.3 Å². The Bertz CT molecular complexity index is 615. The molecule has 2 rings (SSSR count). The minimum atomic E-state index is -0.373. The van der Waals surface area contributed by atoms with E-state index >= 15 is 0 Å². The quantitative estimate of drug-likeness (QED) is 0.484. The van der Waals surface area contributed by atoms with E-state index in [2.05, 4.69) is 0 Å². The van der Waals surface area contributed by atoms with Crippen molar-refractivity contribution in [2.45, 2.75) is 0 Å². The largest absolute Gasteiger partial charge is 0.496 e. The number of hydrogen-bond acceptors (Lipinski definition) is 3. The van der Waals surface area contributed by atoms with E-state index in [4.69, 9.17) is 9.47 Å². The molecule has 0 fully saturated rings. The number of para-hydroxylation sites is 1. The molecule has 0 aliphatic carbocycles. The second-order valence-corrected chi connectivity index (χ2v) is 4.16. The first-order valence-corrected chi connectivity index (χ1v) is 6.24. The summed E-state index contributed by atoms with van der Waals surface area (Å²) < 4.78 is 10.2. The van der Waals surface area contributed by atoms with Crippen LogP contribution in [0.2, 0.25) is 0 Å². The van der Waals surface area contributed by atoms with Gasteiger partial charge in [0.2, 0.25) is 0 Å². The molecule has 0 saturated carbocycles. The predicted octanol–water partition coefficient (Wildman–Crippen LogP) is 3.41. The van der Waals surface area contributed by atoms with Crippen molar-refractivity contribution in [2.24, 2.45) is 0 Å². The summed E-state index contributed by atoms with van der Waals surface area (Å²) in [5, 5.41) is 0. The van der Waals surface area contributed by atoms with Crippen LogP contribution >= 0.6 is 0 Å². The summed E-state index contributed by atoms with van der Waals surface area (Å²) in [5.41, 5.74) is 2.14. The molecular formula is C17H16O3. The van der Waals surface area contributed by atoms with Crippen molar-refractivity contribution in [3.8, 4) is 5.75 Å². The van der Waals surface area contributed by atoms with Crippen LogP contribution in [-0.4, -0.2) is 20.2 Å². The standard InChI is InChI=1S/C17H16O3/c1-19-16-11-7-6-10-14(16)12-15(17(18)20-2)13-8-4-3-5-9-13/h3-12H,1-2H3/b15-12-. The van der Waals surface area contributed by atoms with Gasteiger partial charge >= 0.3 is 5.97 Å². The number of benzene rings is 2. The molecule has 0 unspecified atom stereocenters. The van der Waals surface area contributed by atoms with Crippen LogP contribution in [0.4, 0.5) is 0 Å². The van der Waals surface area contributed by atoms with E-state index in [9.17, 15) is 4.79 Å². The molecule has 2 aromatic rings. The summed E-state index contributed by atoms with van der Waals surface area (Å²) in [6, 6.07) is 16.9. The zero-order valence-corrected chi connectivity index (χ0v) is 11.5. The highest BCUT2D eigenvalue weighted by Crippen LogP contribution is 2.25. The van der Waals surface area contributed by atoms with Crippen LogP contribution < -0.4 is 4.74 Å². The lowest BCUT2D eigenvalue weighted by Gasteiger charge is -2.08. The summed E-state index contributed by atoms with van der Waals surface area (Å²) in [6.45, 7) is 0. The third-order valence-electron chi connectivity index (χ3n) is 2.93. The van der Waals surface area contributed by atoms with Gasteiger partial charge in [0.1, 0.15) is 5.75 Å². The molecule has 0 aromatic heterocycles. The number of methoxy groups -OCH3 is 2. The van der Waals surface area contributed by atoms with E-state index in [0.717, 1.165) is 11.1 Å². The normalized spacial score (nSPS) is 11.0. The Morgan fingerprint density at radius 3 is 2.25 bits per heavy atom. The maximum atomic E-state index is 12.0. The third kappa shape index (κ3) is 3.06. The molecule has 3 heteroatoms.